The van der Waals surface area contributed by atoms with E-state index in [-0.39, 0.29) is 30.7 Å². The van der Waals surface area contributed by atoms with Crippen LogP contribution < -0.4 is 5.32 Å². The predicted molar refractivity (Wildman–Crippen MR) is 44.7 cm³/mol. The number of nitrogens with one attached hydrogen (secondary N) is 1. The van der Waals surface area contributed by atoms with Crippen LogP contribution in [0.3, 0.4) is 0 Å². The topological polar surface area (TPSA) is 49.4 Å². The second kappa shape index (κ2) is 4.20. The summed E-state index contributed by atoms with van der Waals surface area (Å²) in [5.74, 6) is -0.556. The quantitative estimate of drug-likeness (QED) is 0.652. The van der Waals surface area contributed by atoms with E-state index in [1.807, 2.05) is 0 Å². The number of rotatable bonds is 3. The van der Waals surface area contributed by atoms with E-state index in [0.717, 1.165) is 0 Å². The first-order chi connectivity index (χ1) is 6.15. The Labute approximate surface area is 76.1 Å². The number of nitrogens with zero attached hydrogens (tertiary/aromatic N) is 1. The molecule has 13 heavy (non-hydrogen) atoms. The monoisotopic (exact) mass is 188 g/mol. The highest BCUT2D eigenvalue weighted by molar-refractivity contribution is 5.89. The first-order valence-electron chi connectivity index (χ1n) is 4.22. The minimum absolute atomic E-state index is 0.0274. The summed E-state index contributed by atoms with van der Waals surface area (Å²) >= 11 is 0. The maximum Gasteiger partial charge on any atom is 0.225 e. The van der Waals surface area contributed by atoms with Crippen molar-refractivity contribution in [3.63, 3.8) is 0 Å². The van der Waals surface area contributed by atoms with Gasteiger partial charge in [0, 0.05) is 26.6 Å². The van der Waals surface area contributed by atoms with Crippen molar-refractivity contribution in [1.29, 1.82) is 0 Å². The number of hydrogen-bond acceptors (Lipinski definition) is 2. The first kappa shape index (κ1) is 9.95. The molecule has 1 unspecified atom stereocenters. The van der Waals surface area contributed by atoms with Crippen molar-refractivity contribution in [3.8, 4) is 0 Å². The van der Waals surface area contributed by atoms with Gasteiger partial charge in [-0.15, -0.1) is 0 Å². The Kier molecular flexibility index (Phi) is 3.22. The van der Waals surface area contributed by atoms with Gasteiger partial charge in [0.1, 0.15) is 6.67 Å². The first-order valence-corrected chi connectivity index (χ1v) is 4.22. The van der Waals surface area contributed by atoms with E-state index in [1.165, 1.54) is 4.90 Å². The Morgan fingerprint density at radius 1 is 1.77 bits per heavy atom. The Morgan fingerprint density at radius 3 is 2.92 bits per heavy atom. The molecule has 1 aliphatic rings. The summed E-state index contributed by atoms with van der Waals surface area (Å²) in [5.41, 5.74) is 0. The highest BCUT2D eigenvalue weighted by Crippen LogP contribution is 2.15. The summed E-state index contributed by atoms with van der Waals surface area (Å²) in [6.07, 6.45) is 0.245. The van der Waals surface area contributed by atoms with Gasteiger partial charge in [0.2, 0.25) is 11.8 Å². The van der Waals surface area contributed by atoms with Crippen molar-refractivity contribution in [2.24, 2.45) is 5.92 Å². The SMILES string of the molecule is CN1CC(C(=O)NCCF)CC1=O. The summed E-state index contributed by atoms with van der Waals surface area (Å²) in [6, 6.07) is 0. The number of halogens is 1. The highest BCUT2D eigenvalue weighted by atomic mass is 19.1. The maximum atomic E-state index is 11.7. The largest absolute Gasteiger partial charge is 0.353 e. The molecule has 5 heteroatoms. The van der Waals surface area contributed by atoms with Gasteiger partial charge < -0.3 is 10.2 Å². The van der Waals surface area contributed by atoms with Gasteiger partial charge in [0.05, 0.1) is 5.92 Å². The summed E-state index contributed by atoms with van der Waals surface area (Å²) in [4.78, 5) is 23.8. The summed E-state index contributed by atoms with van der Waals surface area (Å²) in [5, 5.41) is 2.42. The van der Waals surface area contributed by atoms with Gasteiger partial charge in [0.25, 0.3) is 0 Å². The third-order valence-electron chi connectivity index (χ3n) is 2.11. The molecule has 0 aromatic rings. The van der Waals surface area contributed by atoms with Crippen LogP contribution in [0.2, 0.25) is 0 Å². The number of alkyl halides is 1. The fourth-order valence-electron chi connectivity index (χ4n) is 1.35. The molecular weight excluding hydrogens is 175 g/mol. The molecule has 4 nitrogen and oxygen atoms in total. The Balaban J connectivity index is 2.37. The Morgan fingerprint density at radius 2 is 2.46 bits per heavy atom. The Hall–Kier alpha value is -1.13. The molecule has 1 aliphatic heterocycles. The zero-order chi connectivity index (χ0) is 9.84. The number of carbonyl (C=O) groups is 2. The average molecular weight is 188 g/mol. The van der Waals surface area contributed by atoms with Gasteiger partial charge in [0.15, 0.2) is 0 Å². The summed E-state index contributed by atoms with van der Waals surface area (Å²) in [7, 11) is 1.66. The van der Waals surface area contributed by atoms with Crippen LogP contribution in [0.1, 0.15) is 6.42 Å². The molecule has 0 aliphatic carbocycles. The third kappa shape index (κ3) is 2.40. The molecule has 1 rings (SSSR count). The molecule has 0 bridgehead atoms. The zero-order valence-corrected chi connectivity index (χ0v) is 7.55. The molecular formula is C8H13FN2O2. The molecule has 1 atom stereocenters. The van der Waals surface area contributed by atoms with Crippen molar-refractivity contribution in [3.05, 3.63) is 0 Å². The normalized spacial score (nSPS) is 22.2. The molecule has 0 aromatic carbocycles. The molecule has 2 amide bonds. The van der Waals surface area contributed by atoms with Crippen LogP contribution in [0.5, 0.6) is 0 Å². The molecule has 1 saturated heterocycles. The van der Waals surface area contributed by atoms with Gasteiger partial charge in [-0.25, -0.2) is 4.39 Å². The van der Waals surface area contributed by atoms with E-state index < -0.39 is 6.67 Å². The predicted octanol–water partition coefficient (Wildman–Crippen LogP) is -0.450. The van der Waals surface area contributed by atoms with E-state index in [4.69, 9.17) is 0 Å². The molecule has 0 spiro atoms. The van der Waals surface area contributed by atoms with Crippen LogP contribution in [-0.2, 0) is 9.59 Å². The van der Waals surface area contributed by atoms with Crippen molar-refractivity contribution in [2.45, 2.75) is 6.42 Å². The summed E-state index contributed by atoms with van der Waals surface area (Å²) < 4.78 is 11.7. The maximum absolute atomic E-state index is 11.7. The minimum atomic E-state index is -0.567. The average Bonchev–Trinajstić information content (AvgIpc) is 2.43. The van der Waals surface area contributed by atoms with Crippen LogP contribution >= 0.6 is 0 Å². The van der Waals surface area contributed by atoms with Gasteiger partial charge in [-0.2, -0.15) is 0 Å². The van der Waals surface area contributed by atoms with E-state index in [2.05, 4.69) is 5.32 Å². The molecule has 0 aromatic heterocycles. The van der Waals surface area contributed by atoms with Gasteiger partial charge >= 0.3 is 0 Å². The van der Waals surface area contributed by atoms with Crippen LogP contribution in [0, 0.1) is 5.92 Å². The lowest BCUT2D eigenvalue weighted by Crippen LogP contribution is -2.33. The van der Waals surface area contributed by atoms with E-state index >= 15 is 0 Å². The van der Waals surface area contributed by atoms with Crippen molar-refractivity contribution < 1.29 is 14.0 Å². The van der Waals surface area contributed by atoms with Crippen LogP contribution in [0.4, 0.5) is 4.39 Å². The van der Waals surface area contributed by atoms with Gasteiger partial charge in [-0.1, -0.05) is 0 Å². The standard InChI is InChI=1S/C8H13FN2O2/c1-11-5-6(4-7(11)12)8(13)10-3-2-9/h6H,2-5H2,1H3,(H,10,13). The molecule has 0 radical (unpaired) electrons. The molecule has 74 valence electrons. The number of amides is 2. The lowest BCUT2D eigenvalue weighted by Gasteiger charge is -2.09. The second-order valence-corrected chi connectivity index (χ2v) is 3.16. The van der Waals surface area contributed by atoms with Crippen LogP contribution in [0.15, 0.2) is 0 Å². The van der Waals surface area contributed by atoms with Crippen molar-refractivity contribution >= 4 is 11.8 Å². The lowest BCUT2D eigenvalue weighted by atomic mass is 10.1. The second-order valence-electron chi connectivity index (χ2n) is 3.16. The number of carbonyl (C=O) groups excluding carboxylic acids is 2. The molecule has 1 N–H and O–H groups in total. The highest BCUT2D eigenvalue weighted by Gasteiger charge is 2.31. The Bertz CT molecular complexity index is 220. The number of likely N-dealkylation sites (tertiary alicyclic amines) is 1. The van der Waals surface area contributed by atoms with Gasteiger partial charge in [-0.3, -0.25) is 9.59 Å². The molecule has 0 saturated carbocycles. The van der Waals surface area contributed by atoms with Gasteiger partial charge in [-0.05, 0) is 0 Å². The van der Waals surface area contributed by atoms with E-state index in [9.17, 15) is 14.0 Å². The van der Waals surface area contributed by atoms with Crippen molar-refractivity contribution in [2.75, 3.05) is 26.8 Å². The van der Waals surface area contributed by atoms with Crippen molar-refractivity contribution in [1.82, 2.24) is 10.2 Å². The molecule has 1 fully saturated rings. The third-order valence-corrected chi connectivity index (χ3v) is 2.11. The minimum Gasteiger partial charge on any atom is -0.353 e. The van der Waals surface area contributed by atoms with E-state index in [0.29, 0.717) is 6.54 Å². The number of hydrogen-bond donors (Lipinski definition) is 1. The fraction of sp³-hybridized carbons (Fsp3) is 0.750. The fourth-order valence-corrected chi connectivity index (χ4v) is 1.35. The van der Waals surface area contributed by atoms with Crippen LogP contribution in [-0.4, -0.2) is 43.5 Å². The lowest BCUT2D eigenvalue weighted by molar-refractivity contribution is -0.128. The molecule has 1 heterocycles. The summed E-state index contributed by atoms with van der Waals surface area (Å²) in [6.45, 7) is -0.0908. The smallest absolute Gasteiger partial charge is 0.225 e. The zero-order valence-electron chi connectivity index (χ0n) is 7.55. The van der Waals surface area contributed by atoms with E-state index in [1.54, 1.807) is 7.05 Å². The van der Waals surface area contributed by atoms with Crippen LogP contribution in [0.25, 0.3) is 0 Å².